The molecule has 0 radical (unpaired) electrons. The fraction of sp³-hybridized carbons (Fsp3) is 0.200. The van der Waals surface area contributed by atoms with Crippen LogP contribution in [0.5, 0.6) is 0 Å². The third kappa shape index (κ3) is 2.53. The zero-order valence-electron chi connectivity index (χ0n) is 12.1. The molecule has 0 aliphatic rings. The number of ketones is 1. The van der Waals surface area contributed by atoms with Crippen LogP contribution in [0, 0.1) is 6.92 Å². The molecule has 0 unspecified atom stereocenters. The van der Waals surface area contributed by atoms with E-state index in [2.05, 4.69) is 10.1 Å². The third-order valence-corrected chi connectivity index (χ3v) is 3.57. The van der Waals surface area contributed by atoms with Gasteiger partial charge in [-0.3, -0.25) is 14.0 Å². The standard InChI is InChI=1S/C15H13ClN4O2/c1-9-6-13(16)19(18-9)8-11-7-15(22)20-12(10(2)21)4-3-5-14(20)17-11/h3-7H,8H2,1-2H3. The minimum Gasteiger partial charge on any atom is -0.293 e. The lowest BCUT2D eigenvalue weighted by molar-refractivity contribution is 0.101. The van der Waals surface area contributed by atoms with Gasteiger partial charge in [0.25, 0.3) is 5.56 Å². The van der Waals surface area contributed by atoms with Crippen molar-refractivity contribution < 1.29 is 4.79 Å². The second kappa shape index (κ2) is 5.38. The maximum Gasteiger partial charge on any atom is 0.258 e. The number of pyridine rings is 1. The maximum absolute atomic E-state index is 12.3. The molecule has 3 aromatic heterocycles. The largest absolute Gasteiger partial charge is 0.293 e. The van der Waals surface area contributed by atoms with Gasteiger partial charge in [0.15, 0.2) is 5.78 Å². The van der Waals surface area contributed by atoms with Crippen LogP contribution in [-0.2, 0) is 6.54 Å². The Kier molecular flexibility index (Phi) is 3.54. The molecule has 0 bridgehead atoms. The van der Waals surface area contributed by atoms with Crippen LogP contribution in [0.4, 0.5) is 0 Å². The molecule has 6 nitrogen and oxygen atoms in total. The van der Waals surface area contributed by atoms with Crippen LogP contribution >= 0.6 is 11.6 Å². The molecule has 3 aromatic rings. The highest BCUT2D eigenvalue weighted by molar-refractivity contribution is 6.29. The van der Waals surface area contributed by atoms with Gasteiger partial charge in [-0.15, -0.1) is 0 Å². The van der Waals surface area contributed by atoms with E-state index in [1.165, 1.54) is 17.4 Å². The van der Waals surface area contributed by atoms with Crippen molar-refractivity contribution in [2.45, 2.75) is 20.4 Å². The molecule has 0 atom stereocenters. The molecule has 3 rings (SSSR count). The summed E-state index contributed by atoms with van der Waals surface area (Å²) in [5.74, 6) is -0.187. The fourth-order valence-corrected chi connectivity index (χ4v) is 2.59. The van der Waals surface area contributed by atoms with E-state index in [9.17, 15) is 9.59 Å². The molecule has 112 valence electrons. The molecule has 0 aliphatic carbocycles. The summed E-state index contributed by atoms with van der Waals surface area (Å²) in [6.07, 6.45) is 0. The molecular weight excluding hydrogens is 304 g/mol. The number of halogens is 1. The van der Waals surface area contributed by atoms with Gasteiger partial charge >= 0.3 is 0 Å². The SMILES string of the molecule is CC(=O)c1cccc2nc(Cn3nc(C)cc3Cl)cc(=O)n12. The molecule has 7 heteroatoms. The van der Waals surface area contributed by atoms with E-state index in [0.29, 0.717) is 28.7 Å². The number of hydrogen-bond donors (Lipinski definition) is 0. The van der Waals surface area contributed by atoms with Crippen molar-refractivity contribution in [3.8, 4) is 0 Å². The summed E-state index contributed by atoms with van der Waals surface area (Å²) in [6, 6.07) is 8.13. The highest BCUT2D eigenvalue weighted by atomic mass is 35.5. The first-order valence-electron chi connectivity index (χ1n) is 6.68. The molecule has 22 heavy (non-hydrogen) atoms. The molecule has 0 saturated carbocycles. The van der Waals surface area contributed by atoms with Gasteiger partial charge in [0.2, 0.25) is 0 Å². The number of rotatable bonds is 3. The summed E-state index contributed by atoms with van der Waals surface area (Å²) >= 11 is 6.06. The van der Waals surface area contributed by atoms with E-state index in [4.69, 9.17) is 11.6 Å². The molecule has 0 aromatic carbocycles. The van der Waals surface area contributed by atoms with Crippen LogP contribution in [-0.4, -0.2) is 24.9 Å². The Labute approximate surface area is 131 Å². The average molecular weight is 317 g/mol. The molecule has 0 amide bonds. The quantitative estimate of drug-likeness (QED) is 0.694. The van der Waals surface area contributed by atoms with Crippen LogP contribution < -0.4 is 5.56 Å². The second-order valence-corrected chi connectivity index (χ2v) is 5.40. The summed E-state index contributed by atoms with van der Waals surface area (Å²) in [5, 5.41) is 4.73. The highest BCUT2D eigenvalue weighted by Gasteiger charge is 2.11. The summed E-state index contributed by atoms with van der Waals surface area (Å²) in [5.41, 5.74) is 1.77. The van der Waals surface area contributed by atoms with Gasteiger partial charge in [0.1, 0.15) is 10.8 Å². The van der Waals surface area contributed by atoms with E-state index in [0.717, 1.165) is 5.69 Å². The van der Waals surface area contributed by atoms with Gasteiger partial charge in [0, 0.05) is 13.0 Å². The zero-order valence-corrected chi connectivity index (χ0v) is 12.8. The number of fused-ring (bicyclic) bond motifs is 1. The van der Waals surface area contributed by atoms with E-state index < -0.39 is 0 Å². The lowest BCUT2D eigenvalue weighted by Gasteiger charge is -2.08. The lowest BCUT2D eigenvalue weighted by atomic mass is 10.2. The van der Waals surface area contributed by atoms with Crippen molar-refractivity contribution in [3.05, 3.63) is 62.9 Å². The number of hydrogen-bond acceptors (Lipinski definition) is 4. The molecule has 0 fully saturated rings. The minimum atomic E-state index is -0.300. The van der Waals surface area contributed by atoms with Crippen LogP contribution in [0.3, 0.4) is 0 Å². The Morgan fingerprint density at radius 1 is 1.32 bits per heavy atom. The molecule has 0 N–H and O–H groups in total. The Balaban J connectivity index is 2.12. The Hall–Kier alpha value is -2.47. The van der Waals surface area contributed by atoms with E-state index in [1.807, 2.05) is 6.92 Å². The van der Waals surface area contributed by atoms with Crippen molar-refractivity contribution in [2.75, 3.05) is 0 Å². The Morgan fingerprint density at radius 3 is 2.73 bits per heavy atom. The van der Waals surface area contributed by atoms with Gasteiger partial charge < -0.3 is 0 Å². The van der Waals surface area contributed by atoms with Crippen LogP contribution in [0.2, 0.25) is 5.15 Å². The van der Waals surface area contributed by atoms with Gasteiger partial charge in [-0.2, -0.15) is 5.10 Å². The van der Waals surface area contributed by atoms with Crippen molar-refractivity contribution >= 4 is 23.0 Å². The monoisotopic (exact) mass is 316 g/mol. The molecule has 0 aliphatic heterocycles. The van der Waals surface area contributed by atoms with Crippen LogP contribution in [0.1, 0.15) is 28.8 Å². The second-order valence-electron chi connectivity index (χ2n) is 5.01. The third-order valence-electron chi connectivity index (χ3n) is 3.26. The van der Waals surface area contributed by atoms with Gasteiger partial charge in [0.05, 0.1) is 23.6 Å². The summed E-state index contributed by atoms with van der Waals surface area (Å²) < 4.78 is 2.88. The smallest absolute Gasteiger partial charge is 0.258 e. The predicted octanol–water partition coefficient (Wildman–Crippen LogP) is 2.10. The Bertz CT molecular complexity index is 942. The van der Waals surface area contributed by atoms with Crippen molar-refractivity contribution in [1.29, 1.82) is 0 Å². The first-order valence-corrected chi connectivity index (χ1v) is 7.06. The summed E-state index contributed by atoms with van der Waals surface area (Å²) in [6.45, 7) is 3.55. The number of aromatic nitrogens is 4. The maximum atomic E-state index is 12.3. The first kappa shape index (κ1) is 14.5. The minimum absolute atomic E-state index is 0.187. The highest BCUT2D eigenvalue weighted by Crippen LogP contribution is 2.12. The lowest BCUT2D eigenvalue weighted by Crippen LogP contribution is -2.21. The van der Waals surface area contributed by atoms with Crippen molar-refractivity contribution in [3.63, 3.8) is 0 Å². The first-order chi connectivity index (χ1) is 10.5. The van der Waals surface area contributed by atoms with Gasteiger partial charge in [-0.25, -0.2) is 9.67 Å². The van der Waals surface area contributed by atoms with Crippen molar-refractivity contribution in [2.24, 2.45) is 0 Å². The summed E-state index contributed by atoms with van der Waals surface area (Å²) in [7, 11) is 0. The number of carbonyl (C=O) groups excluding carboxylic acids is 1. The molecule has 0 spiro atoms. The topological polar surface area (TPSA) is 69.3 Å². The van der Waals surface area contributed by atoms with E-state index in [1.54, 1.807) is 28.9 Å². The summed E-state index contributed by atoms with van der Waals surface area (Å²) in [4.78, 5) is 28.3. The number of Topliss-reactive ketones (excluding diaryl/α,β-unsaturated/α-hetero) is 1. The van der Waals surface area contributed by atoms with Crippen molar-refractivity contribution in [1.82, 2.24) is 19.2 Å². The predicted molar refractivity (Wildman–Crippen MR) is 82.5 cm³/mol. The van der Waals surface area contributed by atoms with Crippen LogP contribution in [0.15, 0.2) is 35.1 Å². The number of nitrogens with zero attached hydrogens (tertiary/aromatic N) is 4. The number of carbonyl (C=O) groups is 1. The fourth-order valence-electron chi connectivity index (χ4n) is 2.34. The average Bonchev–Trinajstić information content (AvgIpc) is 2.76. The molecule has 3 heterocycles. The normalized spacial score (nSPS) is 11.0. The van der Waals surface area contributed by atoms with Crippen LogP contribution in [0.25, 0.3) is 5.65 Å². The molecular formula is C15H13ClN4O2. The van der Waals surface area contributed by atoms with E-state index in [-0.39, 0.29) is 11.3 Å². The van der Waals surface area contributed by atoms with Gasteiger partial charge in [-0.05, 0) is 25.1 Å². The zero-order chi connectivity index (χ0) is 15.9. The Morgan fingerprint density at radius 2 is 2.09 bits per heavy atom. The van der Waals surface area contributed by atoms with E-state index >= 15 is 0 Å². The molecule has 0 saturated heterocycles. The number of aryl methyl sites for hydroxylation is 1. The van der Waals surface area contributed by atoms with Gasteiger partial charge in [-0.1, -0.05) is 17.7 Å².